The molecular weight excluding hydrogens is 432 g/mol. The third-order valence-electron chi connectivity index (χ3n) is 4.97. The van der Waals surface area contributed by atoms with Gasteiger partial charge in [-0.3, -0.25) is 0 Å². The largest absolute Gasteiger partial charge is 0.497 e. The Morgan fingerprint density at radius 2 is 1.94 bits per heavy atom. The van der Waals surface area contributed by atoms with Gasteiger partial charge < -0.3 is 23.9 Å². The average molecular weight is 463 g/mol. The van der Waals surface area contributed by atoms with Crippen molar-refractivity contribution in [2.24, 2.45) is 0 Å². The molecule has 3 rings (SSSR count). The zero-order chi connectivity index (χ0) is 23.1. The second kappa shape index (κ2) is 10.7. The molecule has 0 radical (unpaired) electrons. The molecule has 1 aliphatic heterocycles. The minimum absolute atomic E-state index is 0.00111. The Bertz CT molecular complexity index is 1000. The van der Waals surface area contributed by atoms with Crippen LogP contribution in [0.5, 0.6) is 11.5 Å². The molecule has 32 heavy (non-hydrogen) atoms. The summed E-state index contributed by atoms with van der Waals surface area (Å²) in [6.07, 6.45) is 1.90. The summed E-state index contributed by atoms with van der Waals surface area (Å²) in [4.78, 5) is 14.4. The summed E-state index contributed by atoms with van der Waals surface area (Å²) in [5.41, 5.74) is 0.754. The maximum absolute atomic E-state index is 12.7. The molecule has 0 unspecified atom stereocenters. The van der Waals surface area contributed by atoms with E-state index in [0.29, 0.717) is 25.4 Å². The summed E-state index contributed by atoms with van der Waals surface area (Å²) in [5.74, 6) is 0.733. The van der Waals surface area contributed by atoms with Crippen molar-refractivity contribution in [1.82, 2.24) is 10.2 Å². The van der Waals surface area contributed by atoms with Gasteiger partial charge in [0.25, 0.3) is 0 Å². The smallest absolute Gasteiger partial charge is 0.339 e. The number of nitrogens with one attached hydrogen (secondary N) is 1. The number of amides is 2. The summed E-state index contributed by atoms with van der Waals surface area (Å²) in [6.45, 7) is 5.28. The van der Waals surface area contributed by atoms with Gasteiger partial charge >= 0.3 is 16.1 Å². The average Bonchev–Trinajstić information content (AvgIpc) is 3.26. The van der Waals surface area contributed by atoms with Crippen LogP contribution in [0.3, 0.4) is 0 Å². The van der Waals surface area contributed by atoms with Gasteiger partial charge in [-0.05, 0) is 68.7 Å². The first kappa shape index (κ1) is 23.9. The van der Waals surface area contributed by atoms with Gasteiger partial charge in [0.2, 0.25) is 0 Å². The van der Waals surface area contributed by atoms with E-state index in [2.05, 4.69) is 5.32 Å². The van der Waals surface area contributed by atoms with Crippen LogP contribution in [0.25, 0.3) is 0 Å². The number of rotatable bonds is 9. The first-order chi connectivity index (χ1) is 15.3. The van der Waals surface area contributed by atoms with Crippen LogP contribution in [0.1, 0.15) is 32.3 Å². The highest BCUT2D eigenvalue weighted by atomic mass is 32.2. The van der Waals surface area contributed by atoms with Gasteiger partial charge in [0.15, 0.2) is 0 Å². The maximum atomic E-state index is 12.7. The molecule has 0 saturated carbocycles. The number of benzene rings is 2. The third kappa shape index (κ3) is 6.61. The minimum Gasteiger partial charge on any atom is -0.497 e. The van der Waals surface area contributed by atoms with Crippen LogP contribution >= 0.6 is 0 Å². The predicted octanol–water partition coefficient (Wildman–Crippen LogP) is 3.56. The number of carbonyl (C=O) groups excluding carboxylic acids is 1. The zero-order valence-electron chi connectivity index (χ0n) is 18.6. The van der Waals surface area contributed by atoms with Crippen molar-refractivity contribution < 1.29 is 26.9 Å². The SMILES string of the molecule is COc1ccc(S(=O)(=O)Oc2cccc(CN(C[C@H]3CCCO3)C(=O)NC(C)C)c2)cc1. The molecule has 2 amide bonds. The topological polar surface area (TPSA) is 94.2 Å². The summed E-state index contributed by atoms with van der Waals surface area (Å²) < 4.78 is 41.4. The van der Waals surface area contributed by atoms with E-state index in [9.17, 15) is 13.2 Å². The predicted molar refractivity (Wildman–Crippen MR) is 120 cm³/mol. The van der Waals surface area contributed by atoms with Gasteiger partial charge in [0.05, 0.1) is 13.2 Å². The van der Waals surface area contributed by atoms with E-state index < -0.39 is 10.1 Å². The Kier molecular flexibility index (Phi) is 7.98. The highest BCUT2D eigenvalue weighted by Gasteiger charge is 2.24. The molecule has 174 valence electrons. The Hall–Kier alpha value is -2.78. The fourth-order valence-corrected chi connectivity index (χ4v) is 4.35. The Morgan fingerprint density at radius 1 is 1.19 bits per heavy atom. The van der Waals surface area contributed by atoms with Crippen LogP contribution in [0.15, 0.2) is 53.4 Å². The van der Waals surface area contributed by atoms with Crippen LogP contribution in [-0.4, -0.2) is 51.8 Å². The van der Waals surface area contributed by atoms with E-state index in [-0.39, 0.29) is 28.8 Å². The lowest BCUT2D eigenvalue weighted by atomic mass is 10.2. The van der Waals surface area contributed by atoms with Crippen molar-refractivity contribution in [3.8, 4) is 11.5 Å². The lowest BCUT2D eigenvalue weighted by Gasteiger charge is -2.27. The third-order valence-corrected chi connectivity index (χ3v) is 6.23. The van der Waals surface area contributed by atoms with Gasteiger partial charge in [-0.15, -0.1) is 0 Å². The molecule has 0 bridgehead atoms. The van der Waals surface area contributed by atoms with E-state index in [1.807, 2.05) is 19.9 Å². The molecule has 8 nitrogen and oxygen atoms in total. The van der Waals surface area contributed by atoms with Gasteiger partial charge in [0, 0.05) is 25.7 Å². The van der Waals surface area contributed by atoms with E-state index in [1.165, 1.54) is 19.2 Å². The molecule has 1 aliphatic rings. The highest BCUT2D eigenvalue weighted by molar-refractivity contribution is 7.87. The fraction of sp³-hybridized carbons (Fsp3) is 0.435. The van der Waals surface area contributed by atoms with E-state index in [1.54, 1.807) is 35.2 Å². The molecule has 0 spiro atoms. The first-order valence-electron chi connectivity index (χ1n) is 10.6. The summed E-state index contributed by atoms with van der Waals surface area (Å²) in [5, 5.41) is 2.91. The molecule has 1 saturated heterocycles. The standard InChI is InChI=1S/C23H30N2O6S/c1-17(2)24-23(26)25(16-21-8-5-13-30-21)15-18-6-4-7-20(14-18)31-32(27,28)22-11-9-19(29-3)10-12-22/h4,6-7,9-12,14,17,21H,5,8,13,15-16H2,1-3H3,(H,24,26)/t21-/m1/s1. The summed E-state index contributed by atoms with van der Waals surface area (Å²) >= 11 is 0. The number of ether oxygens (including phenoxy) is 2. The van der Waals surface area contributed by atoms with Crippen LogP contribution in [0.2, 0.25) is 0 Å². The first-order valence-corrected chi connectivity index (χ1v) is 12.0. The second-order valence-electron chi connectivity index (χ2n) is 7.98. The number of hydrogen-bond donors (Lipinski definition) is 1. The van der Waals surface area contributed by atoms with Gasteiger partial charge in [0.1, 0.15) is 16.4 Å². The van der Waals surface area contributed by atoms with Crippen molar-refractivity contribution >= 4 is 16.1 Å². The summed E-state index contributed by atoms with van der Waals surface area (Å²) in [7, 11) is -2.49. The van der Waals surface area contributed by atoms with Crippen LogP contribution in [0.4, 0.5) is 4.79 Å². The number of carbonyl (C=O) groups is 1. The quantitative estimate of drug-likeness (QED) is 0.573. The molecule has 9 heteroatoms. The Morgan fingerprint density at radius 3 is 2.56 bits per heavy atom. The van der Waals surface area contributed by atoms with E-state index in [0.717, 1.165) is 18.4 Å². The van der Waals surface area contributed by atoms with Crippen molar-refractivity contribution in [3.05, 3.63) is 54.1 Å². The zero-order valence-corrected chi connectivity index (χ0v) is 19.4. The number of nitrogens with zero attached hydrogens (tertiary/aromatic N) is 1. The molecule has 1 N–H and O–H groups in total. The summed E-state index contributed by atoms with van der Waals surface area (Å²) in [6, 6.07) is 12.5. The molecule has 0 aliphatic carbocycles. The van der Waals surface area contributed by atoms with E-state index >= 15 is 0 Å². The monoisotopic (exact) mass is 462 g/mol. The molecule has 1 heterocycles. The molecule has 1 atom stereocenters. The van der Waals surface area contributed by atoms with Crippen molar-refractivity contribution in [1.29, 1.82) is 0 Å². The second-order valence-corrected chi connectivity index (χ2v) is 9.53. The minimum atomic E-state index is -4.00. The van der Waals surface area contributed by atoms with Gasteiger partial charge in [-0.1, -0.05) is 12.1 Å². The Labute approximate surface area is 189 Å². The normalized spacial score (nSPS) is 16.1. The van der Waals surface area contributed by atoms with Gasteiger partial charge in [-0.25, -0.2) is 4.79 Å². The molecule has 2 aromatic carbocycles. The van der Waals surface area contributed by atoms with Crippen molar-refractivity contribution in [3.63, 3.8) is 0 Å². The number of urea groups is 1. The fourth-order valence-electron chi connectivity index (χ4n) is 3.42. The molecule has 1 fully saturated rings. The molecular formula is C23H30N2O6S. The lowest BCUT2D eigenvalue weighted by molar-refractivity contribution is 0.0791. The highest BCUT2D eigenvalue weighted by Crippen LogP contribution is 2.23. The van der Waals surface area contributed by atoms with Crippen LogP contribution < -0.4 is 14.2 Å². The lowest BCUT2D eigenvalue weighted by Crippen LogP contribution is -2.45. The number of hydrogen-bond acceptors (Lipinski definition) is 6. The van der Waals surface area contributed by atoms with Crippen LogP contribution in [0, 0.1) is 0 Å². The Balaban J connectivity index is 1.74. The van der Waals surface area contributed by atoms with Crippen molar-refractivity contribution in [2.75, 3.05) is 20.3 Å². The van der Waals surface area contributed by atoms with E-state index in [4.69, 9.17) is 13.7 Å². The molecule has 0 aromatic heterocycles. The van der Waals surface area contributed by atoms with Crippen molar-refractivity contribution in [2.45, 2.75) is 50.3 Å². The van der Waals surface area contributed by atoms with Gasteiger partial charge in [-0.2, -0.15) is 8.42 Å². The maximum Gasteiger partial charge on any atom is 0.339 e. The van der Waals surface area contributed by atoms with Crippen LogP contribution in [-0.2, 0) is 21.4 Å². The molecule has 2 aromatic rings. The number of methoxy groups -OCH3 is 1.